The first-order valence-electron chi connectivity index (χ1n) is 7.61. The lowest BCUT2D eigenvalue weighted by molar-refractivity contribution is -0.119. The average molecular weight is 436 g/mol. The molecule has 0 aliphatic carbocycles. The molecule has 0 saturated heterocycles. The van der Waals surface area contributed by atoms with Gasteiger partial charge in [0.05, 0.1) is 27.0 Å². The summed E-state index contributed by atoms with van der Waals surface area (Å²) in [6.07, 6.45) is 1.63. The van der Waals surface area contributed by atoms with Crippen molar-refractivity contribution >= 4 is 56.4 Å². The summed E-state index contributed by atoms with van der Waals surface area (Å²) in [6.45, 7) is -0.0269. The van der Waals surface area contributed by atoms with Crippen LogP contribution in [-0.2, 0) is 21.2 Å². The number of carbonyl (C=O) groups excluding carboxylic acids is 1. The molecular weight excluding hydrogens is 419 g/mol. The minimum atomic E-state index is -3.76. The molecule has 9 heteroatoms. The van der Waals surface area contributed by atoms with Crippen molar-refractivity contribution in [2.24, 2.45) is 0 Å². The normalized spacial score (nSPS) is 11.2. The highest BCUT2D eigenvalue weighted by Gasteiger charge is 2.24. The number of carbonyl (C=O) groups is 1. The number of nitrogens with zero attached hydrogens (tertiary/aromatic N) is 1. The van der Waals surface area contributed by atoms with Crippen molar-refractivity contribution in [2.45, 2.75) is 6.42 Å². The van der Waals surface area contributed by atoms with Gasteiger partial charge in [-0.2, -0.15) is 0 Å². The molecule has 0 aliphatic heterocycles. The zero-order valence-electron chi connectivity index (χ0n) is 13.9. The van der Waals surface area contributed by atoms with Gasteiger partial charge in [0.15, 0.2) is 0 Å². The van der Waals surface area contributed by atoms with Crippen LogP contribution in [0.3, 0.4) is 0 Å². The van der Waals surface area contributed by atoms with Crippen molar-refractivity contribution in [1.82, 2.24) is 5.32 Å². The molecule has 0 aromatic heterocycles. The highest BCUT2D eigenvalue weighted by Crippen LogP contribution is 2.35. The number of nitrogens with one attached hydrogen (secondary N) is 1. The molecule has 0 atom stereocenters. The Kier molecular flexibility index (Phi) is 7.17. The van der Waals surface area contributed by atoms with Gasteiger partial charge in [-0.05, 0) is 24.1 Å². The molecule has 1 N–H and O–H groups in total. The summed E-state index contributed by atoms with van der Waals surface area (Å²) in [5.41, 5.74) is 1.17. The number of hydrogen-bond acceptors (Lipinski definition) is 3. The summed E-state index contributed by atoms with van der Waals surface area (Å²) < 4.78 is 25.1. The minimum absolute atomic E-state index is 0.0851. The molecule has 0 aliphatic rings. The minimum Gasteiger partial charge on any atom is -0.354 e. The zero-order chi connectivity index (χ0) is 19.3. The maximum Gasteiger partial charge on any atom is 0.240 e. The van der Waals surface area contributed by atoms with E-state index in [1.807, 2.05) is 30.3 Å². The lowest BCUT2D eigenvalue weighted by Crippen LogP contribution is -2.41. The Labute approximate surface area is 167 Å². The molecule has 1 amide bonds. The average Bonchev–Trinajstić information content (AvgIpc) is 2.56. The van der Waals surface area contributed by atoms with Crippen LogP contribution in [0.4, 0.5) is 5.69 Å². The molecule has 0 saturated carbocycles. The lowest BCUT2D eigenvalue weighted by atomic mass is 10.1. The van der Waals surface area contributed by atoms with Crippen LogP contribution in [0, 0.1) is 0 Å². The standard InChI is InChI=1S/C17H17Cl3N2O3S/c1-26(24,25)22(16-10-14(19)13(18)9-15(16)20)11-17(23)21-8-7-12-5-3-2-4-6-12/h2-6,9-10H,7-8,11H2,1H3,(H,21,23). The van der Waals surface area contributed by atoms with Crippen LogP contribution < -0.4 is 9.62 Å². The topological polar surface area (TPSA) is 66.5 Å². The third kappa shape index (κ3) is 5.77. The highest BCUT2D eigenvalue weighted by atomic mass is 35.5. The quantitative estimate of drug-likeness (QED) is 0.673. The van der Waals surface area contributed by atoms with E-state index in [2.05, 4.69) is 5.32 Å². The monoisotopic (exact) mass is 434 g/mol. The summed E-state index contributed by atoms with van der Waals surface area (Å²) in [5, 5.41) is 3.13. The number of benzene rings is 2. The van der Waals surface area contributed by atoms with Crippen LogP contribution in [0.2, 0.25) is 15.1 Å². The fraction of sp³-hybridized carbons (Fsp3) is 0.235. The first-order valence-corrected chi connectivity index (χ1v) is 10.6. The first-order chi connectivity index (χ1) is 12.2. The van der Waals surface area contributed by atoms with Crippen LogP contribution in [-0.4, -0.2) is 33.7 Å². The Morgan fingerprint density at radius 2 is 1.65 bits per heavy atom. The first kappa shape index (κ1) is 20.8. The van der Waals surface area contributed by atoms with Crippen molar-refractivity contribution in [1.29, 1.82) is 0 Å². The Morgan fingerprint density at radius 3 is 2.27 bits per heavy atom. The van der Waals surface area contributed by atoms with Gasteiger partial charge in [0.1, 0.15) is 6.54 Å². The van der Waals surface area contributed by atoms with Crippen LogP contribution in [0.1, 0.15) is 5.56 Å². The van der Waals surface area contributed by atoms with Gasteiger partial charge in [0, 0.05) is 6.54 Å². The van der Waals surface area contributed by atoms with Crippen LogP contribution >= 0.6 is 34.8 Å². The molecule has 140 valence electrons. The fourth-order valence-electron chi connectivity index (χ4n) is 2.26. The molecule has 2 rings (SSSR count). The van der Waals surface area contributed by atoms with E-state index in [-0.39, 0.29) is 20.8 Å². The predicted octanol–water partition coefficient (Wildman–Crippen LogP) is 3.77. The largest absolute Gasteiger partial charge is 0.354 e. The number of sulfonamides is 1. The Hall–Kier alpha value is -1.47. The second-order valence-corrected chi connectivity index (χ2v) is 8.70. The number of halogens is 3. The number of rotatable bonds is 7. The molecule has 0 radical (unpaired) electrons. The maximum absolute atomic E-state index is 12.2. The number of amides is 1. The summed E-state index contributed by atoms with van der Waals surface area (Å²) in [4.78, 5) is 12.2. The van der Waals surface area contributed by atoms with Crippen molar-refractivity contribution in [3.05, 3.63) is 63.1 Å². The molecule has 0 heterocycles. The van der Waals surface area contributed by atoms with Crippen molar-refractivity contribution < 1.29 is 13.2 Å². The molecule has 0 spiro atoms. The van der Waals surface area contributed by atoms with Gasteiger partial charge in [-0.15, -0.1) is 0 Å². The predicted molar refractivity (Wildman–Crippen MR) is 107 cm³/mol. The second kappa shape index (κ2) is 8.95. The Bertz CT molecular complexity index is 890. The molecule has 0 fully saturated rings. The van der Waals surface area contributed by atoms with Gasteiger partial charge in [0.25, 0.3) is 0 Å². The third-order valence-corrected chi connectivity index (χ3v) is 5.68. The SMILES string of the molecule is CS(=O)(=O)N(CC(=O)NCCc1ccccc1)c1cc(Cl)c(Cl)cc1Cl. The summed E-state index contributed by atoms with van der Waals surface area (Å²) in [5.74, 6) is -0.450. The van der Waals surface area contributed by atoms with Crippen molar-refractivity contribution in [3.8, 4) is 0 Å². The summed E-state index contributed by atoms with van der Waals surface area (Å²) in [6, 6.07) is 12.3. The molecule has 26 heavy (non-hydrogen) atoms. The molecule has 2 aromatic rings. The van der Waals surface area contributed by atoms with Gasteiger partial charge < -0.3 is 5.32 Å². The van der Waals surface area contributed by atoms with Crippen LogP contribution in [0.5, 0.6) is 0 Å². The number of hydrogen-bond donors (Lipinski definition) is 1. The van der Waals surface area contributed by atoms with E-state index in [4.69, 9.17) is 34.8 Å². The molecule has 0 unspecified atom stereocenters. The molecule has 0 bridgehead atoms. The third-order valence-electron chi connectivity index (χ3n) is 3.52. The lowest BCUT2D eigenvalue weighted by Gasteiger charge is -2.23. The maximum atomic E-state index is 12.2. The summed E-state index contributed by atoms with van der Waals surface area (Å²) in [7, 11) is -3.76. The Morgan fingerprint density at radius 1 is 1.04 bits per heavy atom. The van der Waals surface area contributed by atoms with Crippen molar-refractivity contribution in [2.75, 3.05) is 23.7 Å². The van der Waals surface area contributed by atoms with E-state index in [1.54, 1.807) is 0 Å². The van der Waals surface area contributed by atoms with E-state index in [9.17, 15) is 13.2 Å². The van der Waals surface area contributed by atoms with Gasteiger partial charge >= 0.3 is 0 Å². The molecule has 5 nitrogen and oxygen atoms in total. The van der Waals surface area contributed by atoms with Gasteiger partial charge in [-0.3, -0.25) is 9.10 Å². The highest BCUT2D eigenvalue weighted by molar-refractivity contribution is 7.92. The zero-order valence-corrected chi connectivity index (χ0v) is 17.0. The fourth-order valence-corrected chi connectivity index (χ4v) is 3.81. The summed E-state index contributed by atoms with van der Waals surface area (Å²) >= 11 is 17.9. The van der Waals surface area contributed by atoms with Crippen LogP contribution in [0.15, 0.2) is 42.5 Å². The van der Waals surface area contributed by atoms with E-state index < -0.39 is 22.5 Å². The second-order valence-electron chi connectivity index (χ2n) is 5.57. The smallest absolute Gasteiger partial charge is 0.240 e. The molecule has 2 aromatic carbocycles. The van der Waals surface area contributed by atoms with Gasteiger partial charge in [-0.25, -0.2) is 8.42 Å². The van der Waals surface area contributed by atoms with E-state index in [0.717, 1.165) is 16.1 Å². The van der Waals surface area contributed by atoms with E-state index >= 15 is 0 Å². The van der Waals surface area contributed by atoms with Crippen molar-refractivity contribution in [3.63, 3.8) is 0 Å². The van der Waals surface area contributed by atoms with E-state index in [1.165, 1.54) is 12.1 Å². The molecular formula is C17H17Cl3N2O3S. The number of anilines is 1. The van der Waals surface area contributed by atoms with Gasteiger partial charge in [0.2, 0.25) is 15.9 Å². The van der Waals surface area contributed by atoms with E-state index in [0.29, 0.717) is 13.0 Å². The van der Waals surface area contributed by atoms with Crippen LogP contribution in [0.25, 0.3) is 0 Å². The van der Waals surface area contributed by atoms with Gasteiger partial charge in [-0.1, -0.05) is 65.1 Å². The Balaban J connectivity index is 2.09.